The van der Waals surface area contributed by atoms with E-state index >= 15 is 0 Å². The first-order valence-corrected chi connectivity index (χ1v) is 10.8. The van der Waals surface area contributed by atoms with E-state index in [1.807, 2.05) is 0 Å². The van der Waals surface area contributed by atoms with Gasteiger partial charge in [-0.25, -0.2) is 0 Å². The van der Waals surface area contributed by atoms with Gasteiger partial charge in [-0.15, -0.1) is 10.2 Å². The molecule has 1 atom stereocenters. The highest BCUT2D eigenvalue weighted by atomic mass is 16.5. The molecule has 5 nitrogen and oxygen atoms in total. The van der Waals surface area contributed by atoms with Gasteiger partial charge in [0.2, 0.25) is 0 Å². The normalized spacial score (nSPS) is 20.9. The molecule has 1 aromatic heterocycles. The molecule has 1 saturated heterocycles. The molecule has 2 aromatic carbocycles. The molecule has 0 spiro atoms. The molecule has 29 heavy (non-hydrogen) atoms. The number of hydrogen-bond donors (Lipinski definition) is 0. The Kier molecular flexibility index (Phi) is 4.24. The van der Waals surface area contributed by atoms with Gasteiger partial charge in [0, 0.05) is 39.2 Å². The Morgan fingerprint density at radius 3 is 2.83 bits per heavy atom. The monoisotopic (exact) mass is 386 g/mol. The summed E-state index contributed by atoms with van der Waals surface area (Å²) in [5, 5.41) is 8.94. The molecular formula is C24H26N4O. The molecule has 0 radical (unpaired) electrons. The van der Waals surface area contributed by atoms with E-state index in [0.717, 1.165) is 70.1 Å². The van der Waals surface area contributed by atoms with E-state index < -0.39 is 0 Å². The smallest absolute Gasteiger partial charge is 0.162 e. The van der Waals surface area contributed by atoms with Crippen LogP contribution < -0.4 is 0 Å². The van der Waals surface area contributed by atoms with Crippen LogP contribution in [-0.4, -0.2) is 39.4 Å². The third-order valence-corrected chi connectivity index (χ3v) is 6.63. The molecule has 1 aliphatic carbocycles. The SMILES string of the molecule is c1ccc2c(c1)Cc1cc(CN3CCc4nnc(C5CCCO5)n4CC3)ccc1-2. The number of ether oxygens (including phenoxy) is 1. The number of hydrogen-bond acceptors (Lipinski definition) is 4. The third kappa shape index (κ3) is 3.09. The van der Waals surface area contributed by atoms with E-state index in [0.29, 0.717) is 0 Å². The lowest BCUT2D eigenvalue weighted by molar-refractivity contribution is 0.101. The van der Waals surface area contributed by atoms with Crippen LogP contribution in [0.25, 0.3) is 11.1 Å². The summed E-state index contributed by atoms with van der Waals surface area (Å²) < 4.78 is 8.17. The zero-order valence-electron chi connectivity index (χ0n) is 16.7. The Hall–Kier alpha value is -2.50. The first kappa shape index (κ1) is 17.4. The maximum absolute atomic E-state index is 5.86. The quantitative estimate of drug-likeness (QED) is 0.538. The van der Waals surface area contributed by atoms with Crippen LogP contribution in [0.3, 0.4) is 0 Å². The number of benzene rings is 2. The predicted octanol–water partition coefficient (Wildman–Crippen LogP) is 3.76. The van der Waals surface area contributed by atoms with Gasteiger partial charge >= 0.3 is 0 Å². The number of nitrogens with zero attached hydrogens (tertiary/aromatic N) is 4. The van der Waals surface area contributed by atoms with Crippen molar-refractivity contribution >= 4 is 0 Å². The van der Waals surface area contributed by atoms with Crippen LogP contribution in [0.1, 0.15) is 47.3 Å². The first-order chi connectivity index (χ1) is 14.3. The largest absolute Gasteiger partial charge is 0.370 e. The predicted molar refractivity (Wildman–Crippen MR) is 112 cm³/mol. The van der Waals surface area contributed by atoms with Crippen LogP contribution in [0.15, 0.2) is 42.5 Å². The van der Waals surface area contributed by atoms with Crippen LogP contribution >= 0.6 is 0 Å². The van der Waals surface area contributed by atoms with E-state index in [-0.39, 0.29) is 6.10 Å². The lowest BCUT2D eigenvalue weighted by Crippen LogP contribution is -2.27. The Bertz CT molecular complexity index is 1050. The zero-order valence-corrected chi connectivity index (χ0v) is 16.7. The van der Waals surface area contributed by atoms with Crippen molar-refractivity contribution < 1.29 is 4.74 Å². The fourth-order valence-corrected chi connectivity index (χ4v) is 5.12. The molecule has 148 valence electrons. The van der Waals surface area contributed by atoms with Crippen molar-refractivity contribution in [3.05, 3.63) is 70.8 Å². The van der Waals surface area contributed by atoms with Crippen LogP contribution in [0.2, 0.25) is 0 Å². The van der Waals surface area contributed by atoms with Gasteiger partial charge in [-0.3, -0.25) is 4.90 Å². The average molecular weight is 386 g/mol. The van der Waals surface area contributed by atoms with Crippen LogP contribution in [0.4, 0.5) is 0 Å². The van der Waals surface area contributed by atoms with Crippen molar-refractivity contribution in [3.63, 3.8) is 0 Å². The molecule has 6 rings (SSSR count). The molecule has 0 N–H and O–H groups in total. The number of aromatic nitrogens is 3. The van der Waals surface area contributed by atoms with E-state index in [4.69, 9.17) is 4.74 Å². The molecule has 1 fully saturated rings. The maximum atomic E-state index is 5.86. The van der Waals surface area contributed by atoms with Crippen LogP contribution in [-0.2, 0) is 30.7 Å². The van der Waals surface area contributed by atoms with Gasteiger partial charge in [0.15, 0.2) is 5.82 Å². The standard InChI is InChI=1S/C24H26N4O/c1-2-5-20-18(4-1)15-19-14-17(7-8-21(19)20)16-27-10-9-23-25-26-24(28(23)12-11-27)22-6-3-13-29-22/h1-2,4-5,7-8,14,22H,3,6,9-13,15-16H2. The van der Waals surface area contributed by atoms with Crippen molar-refractivity contribution in [2.24, 2.45) is 0 Å². The van der Waals surface area contributed by atoms with E-state index in [1.165, 1.54) is 27.8 Å². The van der Waals surface area contributed by atoms with Crippen LogP contribution in [0.5, 0.6) is 0 Å². The first-order valence-electron chi connectivity index (χ1n) is 10.8. The van der Waals surface area contributed by atoms with Gasteiger partial charge in [-0.2, -0.15) is 0 Å². The fraction of sp³-hybridized carbons (Fsp3) is 0.417. The lowest BCUT2D eigenvalue weighted by Gasteiger charge is -2.20. The molecule has 0 saturated carbocycles. The summed E-state index contributed by atoms with van der Waals surface area (Å²) in [6.07, 6.45) is 4.35. The highest BCUT2D eigenvalue weighted by Gasteiger charge is 2.27. The summed E-state index contributed by atoms with van der Waals surface area (Å²) >= 11 is 0. The number of fused-ring (bicyclic) bond motifs is 4. The molecule has 3 aliphatic rings. The Morgan fingerprint density at radius 2 is 1.90 bits per heavy atom. The van der Waals surface area contributed by atoms with Crippen molar-refractivity contribution in [1.82, 2.24) is 19.7 Å². The topological polar surface area (TPSA) is 43.2 Å². The van der Waals surface area contributed by atoms with E-state index in [2.05, 4.69) is 62.1 Å². The molecule has 5 heteroatoms. The molecule has 2 aliphatic heterocycles. The zero-order chi connectivity index (χ0) is 19.2. The summed E-state index contributed by atoms with van der Waals surface area (Å²) in [5.41, 5.74) is 7.15. The molecule has 1 unspecified atom stereocenters. The van der Waals surface area contributed by atoms with Crippen molar-refractivity contribution in [1.29, 1.82) is 0 Å². The van der Waals surface area contributed by atoms with Gasteiger partial charge in [0.1, 0.15) is 11.9 Å². The third-order valence-electron chi connectivity index (χ3n) is 6.63. The second kappa shape index (κ2) is 7.08. The second-order valence-corrected chi connectivity index (χ2v) is 8.48. The van der Waals surface area contributed by atoms with Crippen molar-refractivity contribution in [3.8, 4) is 11.1 Å². The minimum atomic E-state index is 0.140. The van der Waals surface area contributed by atoms with Gasteiger partial charge in [-0.1, -0.05) is 42.5 Å². The summed E-state index contributed by atoms with van der Waals surface area (Å²) in [6.45, 7) is 4.86. The maximum Gasteiger partial charge on any atom is 0.162 e. The Labute approximate surface area is 171 Å². The van der Waals surface area contributed by atoms with Gasteiger partial charge in [0.25, 0.3) is 0 Å². The molecule has 0 amide bonds. The van der Waals surface area contributed by atoms with Gasteiger partial charge in [0.05, 0.1) is 0 Å². The van der Waals surface area contributed by atoms with Gasteiger partial charge in [-0.05, 0) is 47.1 Å². The number of rotatable bonds is 3. The molecular weight excluding hydrogens is 360 g/mol. The van der Waals surface area contributed by atoms with Crippen molar-refractivity contribution in [2.75, 3.05) is 19.7 Å². The molecule has 0 bridgehead atoms. The molecule has 3 aromatic rings. The average Bonchev–Trinajstić information content (AvgIpc) is 3.45. The highest BCUT2D eigenvalue weighted by molar-refractivity contribution is 5.76. The summed E-state index contributed by atoms with van der Waals surface area (Å²) in [5.74, 6) is 2.15. The van der Waals surface area contributed by atoms with Gasteiger partial charge < -0.3 is 9.30 Å². The van der Waals surface area contributed by atoms with Crippen LogP contribution in [0, 0.1) is 0 Å². The molecule has 3 heterocycles. The summed E-state index contributed by atoms with van der Waals surface area (Å²) in [4.78, 5) is 2.55. The van der Waals surface area contributed by atoms with Crippen molar-refractivity contribution in [2.45, 2.75) is 44.9 Å². The minimum Gasteiger partial charge on any atom is -0.370 e. The Balaban J connectivity index is 1.17. The summed E-state index contributed by atoms with van der Waals surface area (Å²) in [6, 6.07) is 15.8. The van der Waals surface area contributed by atoms with E-state index in [9.17, 15) is 0 Å². The Morgan fingerprint density at radius 1 is 0.966 bits per heavy atom. The second-order valence-electron chi connectivity index (χ2n) is 8.48. The van der Waals surface area contributed by atoms with E-state index in [1.54, 1.807) is 0 Å². The minimum absolute atomic E-state index is 0.140. The fourth-order valence-electron chi connectivity index (χ4n) is 5.12. The highest BCUT2D eigenvalue weighted by Crippen LogP contribution is 2.37. The summed E-state index contributed by atoms with van der Waals surface area (Å²) in [7, 11) is 0. The lowest BCUT2D eigenvalue weighted by atomic mass is 10.0.